The second-order valence-electron chi connectivity index (χ2n) is 6.81. The third-order valence-electron chi connectivity index (χ3n) is 4.24. The van der Waals surface area contributed by atoms with Crippen molar-refractivity contribution in [3.8, 4) is 0 Å². The van der Waals surface area contributed by atoms with E-state index in [1.54, 1.807) is 54.7 Å². The molecular weight excluding hydrogens is 407 g/mol. The van der Waals surface area contributed by atoms with Crippen LogP contribution in [0, 0.1) is 12.7 Å². The average Bonchev–Trinajstić information content (AvgIpc) is 3.06. The molecule has 0 saturated carbocycles. The third kappa shape index (κ3) is 4.49. The fourth-order valence-electron chi connectivity index (χ4n) is 3.00. The molecule has 2 aromatic carbocycles. The number of rotatable bonds is 6. The zero-order chi connectivity index (χ0) is 21.3. The Morgan fingerprint density at radius 1 is 1.00 bits per heavy atom. The van der Waals surface area contributed by atoms with E-state index in [0.717, 1.165) is 17.5 Å². The minimum absolute atomic E-state index is 0.308. The Morgan fingerprint density at radius 2 is 1.73 bits per heavy atom. The van der Waals surface area contributed by atoms with Crippen LogP contribution in [0.1, 0.15) is 5.69 Å². The molecule has 10 heteroatoms. The molecule has 8 nitrogen and oxygen atoms in total. The van der Waals surface area contributed by atoms with E-state index in [9.17, 15) is 12.8 Å². The van der Waals surface area contributed by atoms with Crippen LogP contribution in [0.4, 0.5) is 33.2 Å². The van der Waals surface area contributed by atoms with E-state index in [1.807, 2.05) is 6.92 Å². The van der Waals surface area contributed by atoms with Crippen LogP contribution in [0.3, 0.4) is 0 Å². The van der Waals surface area contributed by atoms with Gasteiger partial charge in [0.05, 0.1) is 11.9 Å². The molecule has 30 heavy (non-hydrogen) atoms. The molecule has 4 aromatic rings. The summed E-state index contributed by atoms with van der Waals surface area (Å²) in [6, 6.07) is 13.5. The molecule has 0 aliphatic rings. The lowest BCUT2D eigenvalue weighted by Crippen LogP contribution is -2.09. The van der Waals surface area contributed by atoms with Crippen LogP contribution < -0.4 is 15.4 Å². The SMILES string of the molecule is Cc1cc2c(F)c(Nc3ccnc(Nc4ccc(NS(C)(=O)=O)cc4)n3)ccc2[nH]1. The zero-order valence-corrected chi connectivity index (χ0v) is 17.0. The van der Waals surface area contributed by atoms with E-state index in [4.69, 9.17) is 0 Å². The maximum atomic E-state index is 14.8. The molecule has 0 aliphatic heterocycles. The van der Waals surface area contributed by atoms with Gasteiger partial charge in [0.15, 0.2) is 5.82 Å². The molecule has 0 saturated heterocycles. The van der Waals surface area contributed by atoms with E-state index >= 15 is 0 Å². The number of H-pyrrole nitrogens is 1. The summed E-state index contributed by atoms with van der Waals surface area (Å²) in [5, 5.41) is 6.51. The number of aromatic amines is 1. The topological polar surface area (TPSA) is 112 Å². The van der Waals surface area contributed by atoms with Crippen LogP contribution in [0.5, 0.6) is 0 Å². The highest BCUT2D eigenvalue weighted by Crippen LogP contribution is 2.27. The van der Waals surface area contributed by atoms with Crippen LogP contribution in [0.25, 0.3) is 10.9 Å². The van der Waals surface area contributed by atoms with E-state index in [-0.39, 0.29) is 5.82 Å². The van der Waals surface area contributed by atoms with Gasteiger partial charge in [0, 0.05) is 34.2 Å². The first-order valence-corrected chi connectivity index (χ1v) is 10.9. The fourth-order valence-corrected chi connectivity index (χ4v) is 3.56. The Kier molecular flexibility index (Phi) is 5.00. The minimum Gasteiger partial charge on any atom is -0.359 e. The van der Waals surface area contributed by atoms with Crippen LogP contribution in [0.2, 0.25) is 0 Å². The standard InChI is InChI=1S/C20H19FN6O2S/c1-12-11-15-16(23-12)7-8-17(19(15)21)25-18-9-10-22-20(26-18)24-13-3-5-14(6-4-13)27-30(2,28)29/h3-11,23,27H,1-2H3,(H2,22,24,25,26). The van der Waals surface area contributed by atoms with Crippen molar-refractivity contribution in [2.75, 3.05) is 21.6 Å². The minimum atomic E-state index is -3.34. The average molecular weight is 426 g/mol. The molecule has 4 N–H and O–H groups in total. The molecule has 0 radical (unpaired) electrons. The van der Waals surface area contributed by atoms with Crippen molar-refractivity contribution in [1.29, 1.82) is 0 Å². The molecule has 0 aliphatic carbocycles. The summed E-state index contributed by atoms with van der Waals surface area (Å²) in [6.45, 7) is 1.87. The molecule has 0 bridgehead atoms. The van der Waals surface area contributed by atoms with Crippen molar-refractivity contribution in [3.63, 3.8) is 0 Å². The van der Waals surface area contributed by atoms with Gasteiger partial charge in [-0.2, -0.15) is 4.98 Å². The first-order valence-electron chi connectivity index (χ1n) is 9.00. The van der Waals surface area contributed by atoms with E-state index in [0.29, 0.717) is 34.2 Å². The van der Waals surface area contributed by atoms with E-state index in [1.165, 1.54) is 0 Å². The van der Waals surface area contributed by atoms with Crippen molar-refractivity contribution < 1.29 is 12.8 Å². The highest BCUT2D eigenvalue weighted by atomic mass is 32.2. The molecule has 4 rings (SSSR count). The quantitative estimate of drug-likeness (QED) is 0.366. The fraction of sp³-hybridized carbons (Fsp3) is 0.100. The summed E-state index contributed by atoms with van der Waals surface area (Å²) in [6.07, 6.45) is 2.64. The third-order valence-corrected chi connectivity index (χ3v) is 4.84. The maximum Gasteiger partial charge on any atom is 0.229 e. The van der Waals surface area contributed by atoms with Crippen LogP contribution >= 0.6 is 0 Å². The molecule has 0 amide bonds. The van der Waals surface area contributed by atoms with Gasteiger partial charge in [-0.25, -0.2) is 17.8 Å². The van der Waals surface area contributed by atoms with Gasteiger partial charge < -0.3 is 15.6 Å². The van der Waals surface area contributed by atoms with Crippen LogP contribution in [0.15, 0.2) is 54.7 Å². The monoisotopic (exact) mass is 426 g/mol. The Morgan fingerprint density at radius 3 is 2.47 bits per heavy atom. The highest BCUT2D eigenvalue weighted by Gasteiger charge is 2.11. The predicted octanol–water partition coefficient (Wildman–Crippen LogP) is 4.26. The summed E-state index contributed by atoms with van der Waals surface area (Å²) >= 11 is 0. The summed E-state index contributed by atoms with van der Waals surface area (Å²) in [4.78, 5) is 11.6. The molecule has 2 heterocycles. The summed E-state index contributed by atoms with van der Waals surface area (Å²) in [5.74, 6) is 0.370. The first-order chi connectivity index (χ1) is 14.3. The Bertz CT molecular complexity index is 1320. The lowest BCUT2D eigenvalue weighted by atomic mass is 10.2. The number of nitrogens with zero attached hydrogens (tertiary/aromatic N) is 2. The number of nitrogens with one attached hydrogen (secondary N) is 4. The van der Waals surface area contributed by atoms with Crippen molar-refractivity contribution >= 4 is 49.8 Å². The highest BCUT2D eigenvalue weighted by molar-refractivity contribution is 7.92. The van der Waals surface area contributed by atoms with Crippen LogP contribution in [-0.2, 0) is 10.0 Å². The molecular formula is C20H19FN6O2S. The van der Waals surface area contributed by atoms with Crippen molar-refractivity contribution in [2.24, 2.45) is 0 Å². The normalized spacial score (nSPS) is 11.4. The Labute approximate surface area is 172 Å². The lowest BCUT2D eigenvalue weighted by Gasteiger charge is -2.10. The molecule has 0 spiro atoms. The van der Waals surface area contributed by atoms with Crippen LogP contribution in [-0.4, -0.2) is 29.6 Å². The largest absolute Gasteiger partial charge is 0.359 e. The van der Waals surface area contributed by atoms with Gasteiger partial charge in [-0.3, -0.25) is 4.72 Å². The van der Waals surface area contributed by atoms with Crippen molar-refractivity contribution in [1.82, 2.24) is 15.0 Å². The number of aryl methyl sites for hydroxylation is 1. The van der Waals surface area contributed by atoms with Crippen molar-refractivity contribution in [3.05, 3.63) is 66.2 Å². The van der Waals surface area contributed by atoms with Gasteiger partial charge in [-0.15, -0.1) is 0 Å². The molecule has 0 fully saturated rings. The summed E-state index contributed by atoms with van der Waals surface area (Å²) in [5.41, 5.74) is 3.04. The smallest absolute Gasteiger partial charge is 0.229 e. The number of hydrogen-bond donors (Lipinski definition) is 4. The lowest BCUT2D eigenvalue weighted by molar-refractivity contribution is 0.607. The molecule has 154 valence electrons. The number of hydrogen-bond acceptors (Lipinski definition) is 6. The van der Waals surface area contributed by atoms with Gasteiger partial charge in [-0.05, 0) is 55.5 Å². The number of fused-ring (bicyclic) bond motifs is 1. The number of aromatic nitrogens is 3. The predicted molar refractivity (Wildman–Crippen MR) is 116 cm³/mol. The number of sulfonamides is 1. The van der Waals surface area contributed by atoms with E-state index < -0.39 is 10.0 Å². The maximum absolute atomic E-state index is 14.8. The first kappa shape index (κ1) is 19.6. The van der Waals surface area contributed by atoms with E-state index in [2.05, 4.69) is 30.3 Å². The summed E-state index contributed by atoms with van der Waals surface area (Å²) < 4.78 is 39.7. The van der Waals surface area contributed by atoms with Gasteiger partial charge in [0.2, 0.25) is 16.0 Å². The Hall–Kier alpha value is -3.66. The number of benzene rings is 2. The van der Waals surface area contributed by atoms with Gasteiger partial charge in [0.1, 0.15) is 5.82 Å². The van der Waals surface area contributed by atoms with Gasteiger partial charge in [-0.1, -0.05) is 0 Å². The Balaban J connectivity index is 1.51. The van der Waals surface area contributed by atoms with Gasteiger partial charge in [0.25, 0.3) is 0 Å². The second kappa shape index (κ2) is 7.64. The molecule has 0 atom stereocenters. The molecule has 0 unspecified atom stereocenters. The van der Waals surface area contributed by atoms with Crippen molar-refractivity contribution in [2.45, 2.75) is 6.92 Å². The summed E-state index contributed by atoms with van der Waals surface area (Å²) in [7, 11) is -3.34. The number of anilines is 5. The second-order valence-corrected chi connectivity index (χ2v) is 8.56. The zero-order valence-electron chi connectivity index (χ0n) is 16.2. The number of halogens is 1. The van der Waals surface area contributed by atoms with Gasteiger partial charge >= 0.3 is 0 Å². The molecule has 2 aromatic heterocycles.